The van der Waals surface area contributed by atoms with Gasteiger partial charge in [-0.1, -0.05) is 24.3 Å². The van der Waals surface area contributed by atoms with Crippen LogP contribution < -0.4 is 0 Å². The predicted octanol–water partition coefficient (Wildman–Crippen LogP) is 2.43. The molecule has 1 aromatic heterocycles. The van der Waals surface area contributed by atoms with E-state index >= 15 is 0 Å². The number of aliphatic hydroxyl groups is 1. The first-order valence-electron chi connectivity index (χ1n) is 9.70. The molecule has 1 N–H and O–H groups in total. The van der Waals surface area contributed by atoms with Crippen LogP contribution in [0.4, 0.5) is 0 Å². The molecule has 0 bridgehead atoms. The highest BCUT2D eigenvalue weighted by Crippen LogP contribution is 2.23. The summed E-state index contributed by atoms with van der Waals surface area (Å²) in [5, 5.41) is 13.6. The van der Waals surface area contributed by atoms with Crippen LogP contribution in [0, 0.1) is 12.8 Å². The van der Waals surface area contributed by atoms with E-state index in [0.29, 0.717) is 31.4 Å². The Kier molecular flexibility index (Phi) is 6.63. The van der Waals surface area contributed by atoms with Crippen LogP contribution in [-0.4, -0.2) is 52.0 Å². The molecule has 1 aliphatic heterocycles. The Labute approximate surface area is 160 Å². The van der Waals surface area contributed by atoms with Crippen LogP contribution in [0.1, 0.15) is 40.7 Å². The van der Waals surface area contributed by atoms with Crippen LogP contribution >= 0.6 is 0 Å². The summed E-state index contributed by atoms with van der Waals surface area (Å²) < 4.78 is 7.18. The van der Waals surface area contributed by atoms with E-state index in [4.69, 9.17) is 9.84 Å². The molecule has 1 amide bonds. The Morgan fingerprint density at radius 3 is 2.74 bits per heavy atom. The Balaban J connectivity index is 1.60. The van der Waals surface area contributed by atoms with Crippen molar-refractivity contribution in [2.75, 3.05) is 26.3 Å². The Morgan fingerprint density at radius 1 is 1.30 bits per heavy atom. The zero-order chi connectivity index (χ0) is 19.2. The Morgan fingerprint density at radius 2 is 2.04 bits per heavy atom. The van der Waals surface area contributed by atoms with Gasteiger partial charge < -0.3 is 14.7 Å². The summed E-state index contributed by atoms with van der Waals surface area (Å²) >= 11 is 0. The fraction of sp³-hybridized carbons (Fsp3) is 0.524. The largest absolute Gasteiger partial charge is 0.392 e. The van der Waals surface area contributed by atoms with Gasteiger partial charge in [0.15, 0.2) is 0 Å². The standard InChI is InChI=1S/C21H29N3O3/c1-3-27-11-10-24-20(12-16(2)22-24)21(26)23-9-8-19(14-23)13-17-4-6-18(15-25)7-5-17/h4-7,12,19,25H,3,8-11,13-15H2,1-2H3. The first-order chi connectivity index (χ1) is 13.1. The number of hydrogen-bond donors (Lipinski definition) is 1. The molecule has 146 valence electrons. The van der Waals surface area contributed by atoms with E-state index < -0.39 is 0 Å². The summed E-state index contributed by atoms with van der Waals surface area (Å²) in [4.78, 5) is 14.9. The Bertz CT molecular complexity index is 755. The summed E-state index contributed by atoms with van der Waals surface area (Å²) in [7, 11) is 0. The number of likely N-dealkylation sites (tertiary alicyclic amines) is 1. The van der Waals surface area contributed by atoms with Crippen molar-refractivity contribution in [3.8, 4) is 0 Å². The number of aromatic nitrogens is 2. The average molecular weight is 371 g/mol. The third-order valence-corrected chi connectivity index (χ3v) is 5.08. The molecule has 1 aliphatic rings. The molecule has 1 saturated heterocycles. The zero-order valence-electron chi connectivity index (χ0n) is 16.2. The molecule has 1 atom stereocenters. The lowest BCUT2D eigenvalue weighted by Gasteiger charge is -2.17. The van der Waals surface area contributed by atoms with E-state index in [1.54, 1.807) is 4.68 Å². The summed E-state index contributed by atoms with van der Waals surface area (Å²) in [5.74, 6) is 0.528. The number of aryl methyl sites for hydroxylation is 1. The zero-order valence-corrected chi connectivity index (χ0v) is 16.2. The van der Waals surface area contributed by atoms with Crippen molar-refractivity contribution < 1.29 is 14.6 Å². The maximum absolute atomic E-state index is 13.0. The van der Waals surface area contributed by atoms with E-state index in [-0.39, 0.29) is 12.5 Å². The van der Waals surface area contributed by atoms with Gasteiger partial charge in [0.25, 0.3) is 5.91 Å². The topological polar surface area (TPSA) is 67.6 Å². The first kappa shape index (κ1) is 19.6. The van der Waals surface area contributed by atoms with E-state index in [1.807, 2.05) is 36.9 Å². The quantitative estimate of drug-likeness (QED) is 0.724. The number of benzene rings is 1. The maximum atomic E-state index is 13.0. The molecule has 0 aliphatic carbocycles. The number of amides is 1. The summed E-state index contributed by atoms with van der Waals surface area (Å²) in [5.41, 5.74) is 3.69. The van der Waals surface area contributed by atoms with Crippen molar-refractivity contribution in [1.82, 2.24) is 14.7 Å². The van der Waals surface area contributed by atoms with Gasteiger partial charge >= 0.3 is 0 Å². The molecule has 0 radical (unpaired) electrons. The number of carbonyl (C=O) groups excluding carboxylic acids is 1. The average Bonchev–Trinajstić information content (AvgIpc) is 3.29. The maximum Gasteiger partial charge on any atom is 0.272 e. The van der Waals surface area contributed by atoms with Crippen molar-refractivity contribution in [1.29, 1.82) is 0 Å². The molecule has 1 fully saturated rings. The minimum Gasteiger partial charge on any atom is -0.392 e. The molecule has 3 rings (SSSR count). The second-order valence-electron chi connectivity index (χ2n) is 7.18. The lowest BCUT2D eigenvalue weighted by Crippen LogP contribution is -2.31. The highest BCUT2D eigenvalue weighted by atomic mass is 16.5. The third kappa shape index (κ3) is 4.96. The molecule has 2 aromatic rings. The van der Waals surface area contributed by atoms with Crippen molar-refractivity contribution in [2.45, 2.75) is 39.8 Å². The fourth-order valence-electron chi connectivity index (χ4n) is 3.64. The number of rotatable bonds is 8. The third-order valence-electron chi connectivity index (χ3n) is 5.08. The van der Waals surface area contributed by atoms with E-state index in [9.17, 15) is 4.79 Å². The van der Waals surface area contributed by atoms with Crippen LogP contribution in [-0.2, 0) is 24.3 Å². The number of ether oxygens (including phenoxy) is 1. The number of carbonyl (C=O) groups is 1. The van der Waals surface area contributed by atoms with Crippen molar-refractivity contribution >= 4 is 5.91 Å². The molecule has 1 aromatic carbocycles. The molecule has 2 heterocycles. The smallest absolute Gasteiger partial charge is 0.272 e. The number of nitrogens with zero attached hydrogens (tertiary/aromatic N) is 3. The van der Waals surface area contributed by atoms with Gasteiger partial charge in [-0.25, -0.2) is 0 Å². The molecule has 0 saturated carbocycles. The fourth-order valence-corrected chi connectivity index (χ4v) is 3.64. The number of hydrogen-bond acceptors (Lipinski definition) is 4. The van der Waals surface area contributed by atoms with E-state index in [1.165, 1.54) is 5.56 Å². The van der Waals surface area contributed by atoms with Gasteiger partial charge in [0.1, 0.15) is 5.69 Å². The van der Waals surface area contributed by atoms with Gasteiger partial charge in [0, 0.05) is 19.7 Å². The van der Waals surface area contributed by atoms with Crippen LogP contribution in [0.3, 0.4) is 0 Å². The minimum absolute atomic E-state index is 0.0604. The lowest BCUT2D eigenvalue weighted by atomic mass is 9.98. The summed E-state index contributed by atoms with van der Waals surface area (Å²) in [6, 6.07) is 9.94. The van der Waals surface area contributed by atoms with Crippen LogP contribution in [0.2, 0.25) is 0 Å². The second-order valence-corrected chi connectivity index (χ2v) is 7.18. The lowest BCUT2D eigenvalue weighted by molar-refractivity contribution is 0.0769. The van der Waals surface area contributed by atoms with Crippen molar-refractivity contribution in [2.24, 2.45) is 5.92 Å². The SMILES string of the molecule is CCOCCn1nc(C)cc1C(=O)N1CCC(Cc2ccc(CO)cc2)C1. The second kappa shape index (κ2) is 9.15. The van der Waals surface area contributed by atoms with E-state index in [2.05, 4.69) is 17.2 Å². The van der Waals surface area contributed by atoms with Gasteiger partial charge in [0.2, 0.25) is 0 Å². The molecular weight excluding hydrogens is 342 g/mol. The highest BCUT2D eigenvalue weighted by molar-refractivity contribution is 5.92. The first-order valence-corrected chi connectivity index (χ1v) is 9.70. The van der Waals surface area contributed by atoms with Gasteiger partial charge in [-0.3, -0.25) is 9.48 Å². The predicted molar refractivity (Wildman–Crippen MR) is 104 cm³/mol. The van der Waals surface area contributed by atoms with Crippen molar-refractivity contribution in [3.05, 3.63) is 52.8 Å². The molecule has 1 unspecified atom stereocenters. The highest BCUT2D eigenvalue weighted by Gasteiger charge is 2.29. The van der Waals surface area contributed by atoms with Crippen LogP contribution in [0.5, 0.6) is 0 Å². The molecule has 6 nitrogen and oxygen atoms in total. The van der Waals surface area contributed by atoms with Crippen molar-refractivity contribution in [3.63, 3.8) is 0 Å². The summed E-state index contributed by atoms with van der Waals surface area (Å²) in [6.45, 7) is 7.32. The van der Waals surface area contributed by atoms with Gasteiger partial charge in [-0.2, -0.15) is 5.10 Å². The minimum atomic E-state index is 0.0604. The Hall–Kier alpha value is -2.18. The summed E-state index contributed by atoms with van der Waals surface area (Å²) in [6.07, 6.45) is 1.97. The molecular formula is C21H29N3O3. The normalized spacial score (nSPS) is 16.9. The molecule has 27 heavy (non-hydrogen) atoms. The van der Waals surface area contributed by atoms with Gasteiger partial charge in [-0.15, -0.1) is 0 Å². The number of aliphatic hydroxyl groups excluding tert-OH is 1. The molecule has 6 heteroatoms. The van der Waals surface area contributed by atoms with Crippen LogP contribution in [0.15, 0.2) is 30.3 Å². The monoisotopic (exact) mass is 371 g/mol. The van der Waals surface area contributed by atoms with Crippen LogP contribution in [0.25, 0.3) is 0 Å². The van der Waals surface area contributed by atoms with E-state index in [0.717, 1.165) is 37.2 Å². The molecule has 0 spiro atoms. The van der Waals surface area contributed by atoms with Gasteiger partial charge in [0.05, 0.1) is 25.5 Å². The van der Waals surface area contributed by atoms with Gasteiger partial charge in [-0.05, 0) is 49.8 Å².